The van der Waals surface area contributed by atoms with Crippen molar-refractivity contribution in [3.8, 4) is 11.1 Å². The minimum absolute atomic E-state index is 0.172. The molecular formula is C17H18N2O2. The quantitative estimate of drug-likeness (QED) is 0.536. The first-order chi connectivity index (χ1) is 10.1. The number of non-ortho nitro benzene ring substituents is 1. The van der Waals surface area contributed by atoms with Crippen LogP contribution in [-0.2, 0) is 6.42 Å². The summed E-state index contributed by atoms with van der Waals surface area (Å²) < 4.78 is 0. The fourth-order valence-corrected chi connectivity index (χ4v) is 3.08. The summed E-state index contributed by atoms with van der Waals surface area (Å²) in [6, 6.07) is 11.7. The molecule has 0 aromatic heterocycles. The smallest absolute Gasteiger partial charge is 0.269 e. The third kappa shape index (κ3) is 2.27. The maximum absolute atomic E-state index is 10.9. The number of nitro benzene ring substituents is 1. The van der Waals surface area contributed by atoms with Crippen LogP contribution in [0.2, 0.25) is 0 Å². The van der Waals surface area contributed by atoms with E-state index in [4.69, 9.17) is 0 Å². The minimum Gasteiger partial charge on any atom is -0.372 e. The Hall–Kier alpha value is -2.36. The summed E-state index contributed by atoms with van der Waals surface area (Å²) in [6.45, 7) is 6.26. The number of nitro groups is 1. The van der Waals surface area contributed by atoms with E-state index >= 15 is 0 Å². The van der Waals surface area contributed by atoms with Crippen LogP contribution in [0.1, 0.15) is 25.0 Å². The van der Waals surface area contributed by atoms with Gasteiger partial charge < -0.3 is 4.90 Å². The van der Waals surface area contributed by atoms with E-state index in [2.05, 4.69) is 36.9 Å². The van der Waals surface area contributed by atoms with Crippen molar-refractivity contribution in [1.29, 1.82) is 0 Å². The molecule has 0 unspecified atom stereocenters. The van der Waals surface area contributed by atoms with Crippen LogP contribution in [0.5, 0.6) is 0 Å². The van der Waals surface area contributed by atoms with Crippen LogP contribution in [-0.4, -0.2) is 18.0 Å². The van der Waals surface area contributed by atoms with Gasteiger partial charge in [-0.1, -0.05) is 6.07 Å². The van der Waals surface area contributed by atoms with Gasteiger partial charge >= 0.3 is 0 Å². The predicted molar refractivity (Wildman–Crippen MR) is 84.9 cm³/mol. The second-order valence-electron chi connectivity index (χ2n) is 5.29. The van der Waals surface area contributed by atoms with Crippen LogP contribution >= 0.6 is 0 Å². The Morgan fingerprint density at radius 2 is 1.67 bits per heavy atom. The zero-order chi connectivity index (χ0) is 15.0. The maximum atomic E-state index is 10.9. The highest BCUT2D eigenvalue weighted by Gasteiger charge is 2.21. The lowest BCUT2D eigenvalue weighted by atomic mass is 10.0. The molecule has 108 valence electrons. The van der Waals surface area contributed by atoms with Crippen molar-refractivity contribution in [3.63, 3.8) is 0 Å². The van der Waals surface area contributed by atoms with Gasteiger partial charge in [-0.3, -0.25) is 10.1 Å². The second-order valence-corrected chi connectivity index (χ2v) is 5.29. The molecule has 1 aliphatic rings. The lowest BCUT2D eigenvalue weighted by Gasteiger charge is -2.21. The third-order valence-electron chi connectivity index (χ3n) is 4.19. The van der Waals surface area contributed by atoms with E-state index in [-0.39, 0.29) is 10.6 Å². The highest BCUT2D eigenvalue weighted by molar-refractivity contribution is 5.79. The fourth-order valence-electron chi connectivity index (χ4n) is 3.08. The average Bonchev–Trinajstić information content (AvgIpc) is 2.85. The van der Waals surface area contributed by atoms with Crippen LogP contribution < -0.4 is 4.90 Å². The molecule has 0 saturated carbocycles. The fraction of sp³-hybridized carbons (Fsp3) is 0.294. The molecule has 0 amide bonds. The Bertz CT molecular complexity index is 706. The molecule has 3 rings (SSSR count). The van der Waals surface area contributed by atoms with E-state index in [0.717, 1.165) is 30.6 Å². The number of hydrogen-bond donors (Lipinski definition) is 0. The van der Waals surface area contributed by atoms with Crippen LogP contribution in [0.15, 0.2) is 36.4 Å². The van der Waals surface area contributed by atoms with Gasteiger partial charge in [0.25, 0.3) is 5.69 Å². The Morgan fingerprint density at radius 3 is 2.29 bits per heavy atom. The highest BCUT2D eigenvalue weighted by atomic mass is 16.6. The molecule has 1 aliphatic carbocycles. The molecule has 0 aliphatic heterocycles. The average molecular weight is 282 g/mol. The van der Waals surface area contributed by atoms with Crippen LogP contribution in [0.25, 0.3) is 11.1 Å². The molecule has 0 spiro atoms. The molecular weight excluding hydrogens is 264 g/mol. The first kappa shape index (κ1) is 13.6. The van der Waals surface area contributed by atoms with Crippen LogP contribution in [0.4, 0.5) is 11.4 Å². The molecule has 0 radical (unpaired) electrons. The predicted octanol–water partition coefficient (Wildman–Crippen LogP) is 4.01. The van der Waals surface area contributed by atoms with Gasteiger partial charge in [0.15, 0.2) is 0 Å². The molecule has 0 fully saturated rings. The summed E-state index contributed by atoms with van der Waals surface area (Å²) >= 11 is 0. The van der Waals surface area contributed by atoms with Gasteiger partial charge in [0, 0.05) is 30.9 Å². The van der Waals surface area contributed by atoms with Gasteiger partial charge in [0.05, 0.1) is 4.92 Å². The van der Waals surface area contributed by atoms with Crippen molar-refractivity contribution in [2.24, 2.45) is 0 Å². The molecule has 0 heterocycles. The molecule has 0 saturated heterocycles. The largest absolute Gasteiger partial charge is 0.372 e. The normalized spacial score (nSPS) is 11.9. The van der Waals surface area contributed by atoms with E-state index < -0.39 is 0 Å². The number of hydrogen-bond acceptors (Lipinski definition) is 3. The van der Waals surface area contributed by atoms with E-state index in [1.807, 2.05) is 6.07 Å². The number of anilines is 1. The number of fused-ring (bicyclic) bond motifs is 3. The second kappa shape index (κ2) is 5.20. The highest BCUT2D eigenvalue weighted by Crippen LogP contribution is 2.39. The summed E-state index contributed by atoms with van der Waals surface area (Å²) in [5, 5.41) is 10.9. The molecule has 2 aromatic carbocycles. The van der Waals surface area contributed by atoms with Gasteiger partial charge in [-0.05, 0) is 60.7 Å². The SMILES string of the molecule is CCN(CC)c1ccc2c(c1)Cc1cc([N+](=O)[O-])ccc1-2. The van der Waals surface area contributed by atoms with E-state index in [0.29, 0.717) is 0 Å². The van der Waals surface area contributed by atoms with Gasteiger partial charge in [-0.2, -0.15) is 0 Å². The zero-order valence-corrected chi connectivity index (χ0v) is 12.3. The molecule has 0 bridgehead atoms. The summed E-state index contributed by atoms with van der Waals surface area (Å²) in [7, 11) is 0. The van der Waals surface area contributed by atoms with Gasteiger partial charge in [-0.25, -0.2) is 0 Å². The van der Waals surface area contributed by atoms with E-state index in [1.54, 1.807) is 12.1 Å². The molecule has 0 atom stereocenters. The van der Waals surface area contributed by atoms with Crippen LogP contribution in [0.3, 0.4) is 0 Å². The molecule has 4 heteroatoms. The minimum atomic E-state index is -0.329. The van der Waals surface area contributed by atoms with Gasteiger partial charge in [-0.15, -0.1) is 0 Å². The molecule has 0 N–H and O–H groups in total. The van der Waals surface area contributed by atoms with Gasteiger partial charge in [0.2, 0.25) is 0 Å². The zero-order valence-electron chi connectivity index (χ0n) is 12.3. The van der Waals surface area contributed by atoms with E-state index in [9.17, 15) is 10.1 Å². The van der Waals surface area contributed by atoms with Crippen molar-refractivity contribution >= 4 is 11.4 Å². The monoisotopic (exact) mass is 282 g/mol. The van der Waals surface area contributed by atoms with Crippen molar-refractivity contribution in [2.75, 3.05) is 18.0 Å². The summed E-state index contributed by atoms with van der Waals surface area (Å²) in [4.78, 5) is 12.9. The standard InChI is InChI=1S/C17H18N2O2/c1-3-18(4-2)14-5-7-16-12(10-14)9-13-11-15(19(20)21)6-8-17(13)16/h5-8,10-11H,3-4,9H2,1-2H3. The first-order valence-electron chi connectivity index (χ1n) is 7.29. The Kier molecular flexibility index (Phi) is 3.37. The maximum Gasteiger partial charge on any atom is 0.269 e. The van der Waals surface area contributed by atoms with Crippen LogP contribution in [0, 0.1) is 10.1 Å². The van der Waals surface area contributed by atoms with Crippen molar-refractivity contribution in [1.82, 2.24) is 0 Å². The van der Waals surface area contributed by atoms with Crippen molar-refractivity contribution in [2.45, 2.75) is 20.3 Å². The number of benzene rings is 2. The Balaban J connectivity index is 2.00. The third-order valence-corrected chi connectivity index (χ3v) is 4.19. The first-order valence-corrected chi connectivity index (χ1v) is 7.29. The molecule has 2 aromatic rings. The number of nitrogens with zero attached hydrogens (tertiary/aromatic N) is 2. The summed E-state index contributed by atoms with van der Waals surface area (Å²) in [5.41, 5.74) is 6.04. The van der Waals surface area contributed by atoms with Gasteiger partial charge in [0.1, 0.15) is 0 Å². The summed E-state index contributed by atoms with van der Waals surface area (Å²) in [6.07, 6.45) is 0.779. The Labute approximate surface area is 124 Å². The van der Waals surface area contributed by atoms with E-state index in [1.165, 1.54) is 16.8 Å². The molecule has 4 nitrogen and oxygen atoms in total. The lowest BCUT2D eigenvalue weighted by Crippen LogP contribution is -2.21. The topological polar surface area (TPSA) is 46.4 Å². The summed E-state index contributed by atoms with van der Waals surface area (Å²) in [5.74, 6) is 0. The lowest BCUT2D eigenvalue weighted by molar-refractivity contribution is -0.384. The van der Waals surface area contributed by atoms with Crippen molar-refractivity contribution in [3.05, 3.63) is 57.6 Å². The molecule has 21 heavy (non-hydrogen) atoms. The Morgan fingerprint density at radius 1 is 1.05 bits per heavy atom. The van der Waals surface area contributed by atoms with Crippen molar-refractivity contribution < 1.29 is 4.92 Å². The number of rotatable bonds is 4.